The number of nitrogens with zero attached hydrogens (tertiary/aromatic N) is 2. The zero-order chi connectivity index (χ0) is 15.4. The molecule has 2 rings (SSSR count). The van der Waals surface area contributed by atoms with Gasteiger partial charge in [0.1, 0.15) is 5.82 Å². The molecule has 0 unspecified atom stereocenters. The van der Waals surface area contributed by atoms with Crippen molar-refractivity contribution >= 4 is 27.7 Å². The van der Waals surface area contributed by atoms with Crippen LogP contribution in [0.2, 0.25) is 0 Å². The first-order valence-corrected chi connectivity index (χ1v) is 7.51. The van der Waals surface area contributed by atoms with E-state index in [0.717, 1.165) is 13.0 Å². The van der Waals surface area contributed by atoms with Gasteiger partial charge in [-0.2, -0.15) is 0 Å². The maximum atomic E-state index is 13.3. The summed E-state index contributed by atoms with van der Waals surface area (Å²) in [5.41, 5.74) is 5.51. The summed E-state index contributed by atoms with van der Waals surface area (Å²) in [4.78, 5) is 27.0. The predicted octanol–water partition coefficient (Wildman–Crippen LogP) is 1.22. The number of halogens is 2. The van der Waals surface area contributed by atoms with Crippen LogP contribution in [-0.4, -0.2) is 54.3 Å². The molecule has 1 aliphatic rings. The predicted molar refractivity (Wildman–Crippen MR) is 80.3 cm³/mol. The van der Waals surface area contributed by atoms with Gasteiger partial charge in [0.05, 0.1) is 12.1 Å². The molecular formula is C14H17BrFN3O2. The number of carbonyl (C=O) groups excluding carboxylic acids is 2. The third-order valence-electron chi connectivity index (χ3n) is 3.41. The molecule has 0 saturated carbocycles. The summed E-state index contributed by atoms with van der Waals surface area (Å²) in [5, 5.41) is 0. The van der Waals surface area contributed by atoms with Gasteiger partial charge in [-0.05, 0) is 40.5 Å². The topological polar surface area (TPSA) is 66.6 Å². The molecule has 21 heavy (non-hydrogen) atoms. The summed E-state index contributed by atoms with van der Waals surface area (Å²) in [7, 11) is 0. The molecule has 0 bridgehead atoms. The Morgan fingerprint density at radius 2 is 2.00 bits per heavy atom. The minimum Gasteiger partial charge on any atom is -0.369 e. The van der Waals surface area contributed by atoms with Crippen molar-refractivity contribution in [2.45, 2.75) is 6.42 Å². The minimum absolute atomic E-state index is 0.200. The monoisotopic (exact) mass is 357 g/mol. The van der Waals surface area contributed by atoms with E-state index in [1.807, 2.05) is 4.90 Å². The Labute approximate surface area is 131 Å². The van der Waals surface area contributed by atoms with Gasteiger partial charge in [0.25, 0.3) is 5.91 Å². The molecule has 1 aromatic carbocycles. The molecule has 2 N–H and O–H groups in total. The molecule has 1 saturated heterocycles. The number of benzene rings is 1. The highest BCUT2D eigenvalue weighted by Gasteiger charge is 2.22. The Bertz CT molecular complexity index is 553. The lowest BCUT2D eigenvalue weighted by Gasteiger charge is -2.22. The summed E-state index contributed by atoms with van der Waals surface area (Å²) >= 11 is 3.28. The molecule has 0 aliphatic carbocycles. The molecule has 1 fully saturated rings. The largest absolute Gasteiger partial charge is 0.369 e. The molecule has 1 aromatic rings. The Morgan fingerprint density at radius 1 is 1.24 bits per heavy atom. The van der Waals surface area contributed by atoms with Crippen molar-refractivity contribution in [3.05, 3.63) is 34.1 Å². The summed E-state index contributed by atoms with van der Waals surface area (Å²) < 4.78 is 13.9. The first kappa shape index (κ1) is 15.9. The summed E-state index contributed by atoms with van der Waals surface area (Å²) in [6.07, 6.45) is 0.756. The smallest absolute Gasteiger partial charge is 0.255 e. The van der Waals surface area contributed by atoms with E-state index in [1.54, 1.807) is 4.90 Å². The van der Waals surface area contributed by atoms with Gasteiger partial charge in [0, 0.05) is 30.7 Å². The van der Waals surface area contributed by atoms with E-state index in [9.17, 15) is 14.0 Å². The van der Waals surface area contributed by atoms with Crippen molar-refractivity contribution in [2.75, 3.05) is 32.7 Å². The van der Waals surface area contributed by atoms with E-state index < -0.39 is 5.82 Å². The Morgan fingerprint density at radius 3 is 2.71 bits per heavy atom. The molecular weight excluding hydrogens is 341 g/mol. The van der Waals surface area contributed by atoms with Crippen LogP contribution in [-0.2, 0) is 4.79 Å². The van der Waals surface area contributed by atoms with Crippen molar-refractivity contribution in [3.63, 3.8) is 0 Å². The van der Waals surface area contributed by atoms with Gasteiger partial charge < -0.3 is 10.6 Å². The molecule has 5 nitrogen and oxygen atoms in total. The van der Waals surface area contributed by atoms with Crippen molar-refractivity contribution < 1.29 is 14.0 Å². The van der Waals surface area contributed by atoms with Crippen LogP contribution in [0, 0.1) is 5.82 Å². The fourth-order valence-electron chi connectivity index (χ4n) is 2.38. The lowest BCUT2D eigenvalue weighted by molar-refractivity contribution is -0.119. The van der Waals surface area contributed by atoms with Crippen LogP contribution in [0.15, 0.2) is 22.7 Å². The van der Waals surface area contributed by atoms with Crippen molar-refractivity contribution in [2.24, 2.45) is 5.73 Å². The van der Waals surface area contributed by atoms with E-state index in [1.165, 1.54) is 18.2 Å². The lowest BCUT2D eigenvalue weighted by atomic mass is 10.2. The molecule has 7 heteroatoms. The van der Waals surface area contributed by atoms with Gasteiger partial charge in [0.2, 0.25) is 5.91 Å². The molecule has 0 atom stereocenters. The molecule has 0 spiro atoms. The number of nitrogens with two attached hydrogens (primary N) is 1. The number of primary amides is 1. The van der Waals surface area contributed by atoms with Crippen LogP contribution in [0.3, 0.4) is 0 Å². The van der Waals surface area contributed by atoms with Gasteiger partial charge in [-0.1, -0.05) is 0 Å². The molecule has 1 aliphatic heterocycles. The fourth-order valence-corrected chi connectivity index (χ4v) is 2.80. The maximum absolute atomic E-state index is 13.3. The zero-order valence-corrected chi connectivity index (χ0v) is 13.1. The van der Waals surface area contributed by atoms with E-state index in [4.69, 9.17) is 5.73 Å². The van der Waals surface area contributed by atoms with Gasteiger partial charge in [-0.15, -0.1) is 0 Å². The summed E-state index contributed by atoms with van der Waals surface area (Å²) in [5.74, 6) is -1.02. The second-order valence-electron chi connectivity index (χ2n) is 5.01. The van der Waals surface area contributed by atoms with Crippen LogP contribution in [0.4, 0.5) is 4.39 Å². The third-order valence-corrected chi connectivity index (χ3v) is 4.11. The first-order valence-electron chi connectivity index (χ1n) is 6.72. The third kappa shape index (κ3) is 4.25. The quantitative estimate of drug-likeness (QED) is 0.884. The van der Waals surface area contributed by atoms with Crippen molar-refractivity contribution in [3.8, 4) is 0 Å². The van der Waals surface area contributed by atoms with Gasteiger partial charge in [0.15, 0.2) is 0 Å². The summed E-state index contributed by atoms with van der Waals surface area (Å²) in [6, 6.07) is 4.07. The highest BCUT2D eigenvalue weighted by molar-refractivity contribution is 9.10. The van der Waals surface area contributed by atoms with E-state index in [-0.39, 0.29) is 18.4 Å². The highest BCUT2D eigenvalue weighted by Crippen LogP contribution is 2.20. The Kier molecular flexibility index (Phi) is 5.30. The standard InChI is InChI=1S/C14H17BrFN3O2/c15-12-3-2-10(16)8-11(12)14(21)19-5-1-4-18(6-7-19)9-13(17)20/h2-3,8H,1,4-7,9H2,(H2,17,20). The van der Waals surface area contributed by atoms with Crippen LogP contribution in [0.25, 0.3) is 0 Å². The van der Waals surface area contributed by atoms with E-state index >= 15 is 0 Å². The number of hydrogen-bond donors (Lipinski definition) is 1. The molecule has 0 aromatic heterocycles. The molecule has 114 valence electrons. The van der Waals surface area contributed by atoms with Crippen LogP contribution in [0.5, 0.6) is 0 Å². The van der Waals surface area contributed by atoms with Gasteiger partial charge in [-0.25, -0.2) is 4.39 Å². The maximum Gasteiger partial charge on any atom is 0.255 e. The number of amides is 2. The molecule has 0 radical (unpaired) electrons. The molecule has 2 amide bonds. The van der Waals surface area contributed by atoms with Crippen molar-refractivity contribution in [1.82, 2.24) is 9.80 Å². The second kappa shape index (κ2) is 7.00. The number of carbonyl (C=O) groups is 2. The Hall–Kier alpha value is -1.47. The SMILES string of the molecule is NC(=O)CN1CCCN(C(=O)c2cc(F)ccc2Br)CC1. The average Bonchev–Trinajstić information content (AvgIpc) is 2.66. The number of hydrogen-bond acceptors (Lipinski definition) is 3. The summed E-state index contributed by atoms with van der Waals surface area (Å²) in [6.45, 7) is 2.58. The van der Waals surface area contributed by atoms with E-state index in [0.29, 0.717) is 29.7 Å². The lowest BCUT2D eigenvalue weighted by Crippen LogP contribution is -2.38. The average molecular weight is 358 g/mol. The van der Waals surface area contributed by atoms with Crippen LogP contribution in [0.1, 0.15) is 16.8 Å². The highest BCUT2D eigenvalue weighted by atomic mass is 79.9. The van der Waals surface area contributed by atoms with Gasteiger partial charge >= 0.3 is 0 Å². The van der Waals surface area contributed by atoms with Crippen LogP contribution < -0.4 is 5.73 Å². The van der Waals surface area contributed by atoms with Gasteiger partial charge in [-0.3, -0.25) is 14.5 Å². The van der Waals surface area contributed by atoms with E-state index in [2.05, 4.69) is 15.9 Å². The van der Waals surface area contributed by atoms with Crippen molar-refractivity contribution in [1.29, 1.82) is 0 Å². The normalized spacial score (nSPS) is 16.6. The minimum atomic E-state index is -0.438. The zero-order valence-electron chi connectivity index (χ0n) is 11.5. The second-order valence-corrected chi connectivity index (χ2v) is 5.87. The first-order chi connectivity index (χ1) is 9.97. The Balaban J connectivity index is 2.06. The van der Waals surface area contributed by atoms with Crippen LogP contribution >= 0.6 is 15.9 Å². The number of rotatable bonds is 3. The fraction of sp³-hybridized carbons (Fsp3) is 0.429. The molecule has 1 heterocycles.